The van der Waals surface area contributed by atoms with Crippen molar-refractivity contribution < 1.29 is 36.4 Å². The second kappa shape index (κ2) is 7.90. The van der Waals surface area contributed by atoms with Gasteiger partial charge in [-0.1, -0.05) is 22.8 Å². The first-order valence-corrected chi connectivity index (χ1v) is 8.59. The molecule has 0 aliphatic rings. The Labute approximate surface area is 171 Å². The molecule has 1 aromatic carbocycles. The summed E-state index contributed by atoms with van der Waals surface area (Å²) in [5.74, 6) is -3.25. The van der Waals surface area contributed by atoms with Gasteiger partial charge in [-0.2, -0.15) is 18.3 Å². The molecule has 0 spiro atoms. The van der Waals surface area contributed by atoms with Gasteiger partial charge in [0.1, 0.15) is 17.1 Å². The molecule has 0 unspecified atom stereocenters. The molecule has 2 heterocycles. The lowest BCUT2D eigenvalue weighted by Crippen LogP contribution is -2.19. The number of aromatic nitrogens is 3. The van der Waals surface area contributed by atoms with Gasteiger partial charge in [0.25, 0.3) is 0 Å². The number of hydrogen-bond donors (Lipinski definition) is 0. The zero-order valence-corrected chi connectivity index (χ0v) is 16.1. The molecular weight excluding hydrogens is 434 g/mol. The molecule has 2 aromatic heterocycles. The molecule has 12 heteroatoms. The third-order valence-electron chi connectivity index (χ3n) is 4.01. The van der Waals surface area contributed by atoms with Gasteiger partial charge in [-0.25, -0.2) is 9.18 Å². The van der Waals surface area contributed by atoms with Gasteiger partial charge in [0, 0.05) is 0 Å². The van der Waals surface area contributed by atoms with Crippen molar-refractivity contribution in [2.75, 3.05) is 7.11 Å². The van der Waals surface area contributed by atoms with E-state index < -0.39 is 58.6 Å². The Hall–Kier alpha value is -3.21. The molecule has 0 bridgehead atoms. The van der Waals surface area contributed by atoms with Crippen LogP contribution >= 0.6 is 11.6 Å². The summed E-state index contributed by atoms with van der Waals surface area (Å²) in [6.45, 7) is 0.427. The maximum atomic E-state index is 14.4. The molecule has 0 fully saturated rings. The van der Waals surface area contributed by atoms with Crippen LogP contribution in [0.3, 0.4) is 0 Å². The third kappa shape index (κ3) is 3.80. The number of rotatable bonds is 5. The van der Waals surface area contributed by atoms with Crippen LogP contribution in [0.5, 0.6) is 0 Å². The number of Topliss-reactive ketones (excluding diaryl/α,β-unsaturated/α-hetero) is 1. The van der Waals surface area contributed by atoms with Gasteiger partial charge in [-0.3, -0.25) is 9.48 Å². The Morgan fingerprint density at radius 1 is 1.30 bits per heavy atom. The summed E-state index contributed by atoms with van der Waals surface area (Å²) in [5.41, 5.74) is -3.37. The van der Waals surface area contributed by atoms with E-state index in [1.165, 1.54) is 12.1 Å². The first kappa shape index (κ1) is 21.5. The average Bonchev–Trinajstić information content (AvgIpc) is 3.24. The molecule has 3 rings (SSSR count). The Kier molecular flexibility index (Phi) is 5.66. The summed E-state index contributed by atoms with van der Waals surface area (Å²) in [6, 6.07) is 3.64. The van der Waals surface area contributed by atoms with Crippen LogP contribution < -0.4 is 0 Å². The normalized spacial score (nSPS) is 11.6. The summed E-state index contributed by atoms with van der Waals surface area (Å²) in [4.78, 5) is 23.7. The lowest BCUT2D eigenvalue weighted by Gasteiger charge is -2.11. The Bertz CT molecular complexity index is 1120. The SMILES string of the molecule is COC(=O)c1c(-c2c(F)cccc2Cl)noc1-c1cnn(CC(C)=O)c1C(F)(F)F. The number of benzene rings is 1. The van der Waals surface area contributed by atoms with Crippen LogP contribution in [0.1, 0.15) is 23.0 Å². The van der Waals surface area contributed by atoms with E-state index in [-0.39, 0.29) is 10.6 Å². The minimum Gasteiger partial charge on any atom is -0.465 e. The second-order valence-electron chi connectivity index (χ2n) is 6.09. The van der Waals surface area contributed by atoms with E-state index in [1.54, 1.807) is 0 Å². The molecular formula is C18H12ClF4N3O4. The van der Waals surface area contributed by atoms with E-state index in [9.17, 15) is 27.2 Å². The largest absolute Gasteiger partial charge is 0.465 e. The third-order valence-corrected chi connectivity index (χ3v) is 4.32. The van der Waals surface area contributed by atoms with Crippen molar-refractivity contribution in [1.82, 2.24) is 14.9 Å². The van der Waals surface area contributed by atoms with Crippen LogP contribution in [-0.2, 0) is 22.3 Å². The second-order valence-corrected chi connectivity index (χ2v) is 6.50. The van der Waals surface area contributed by atoms with Crippen LogP contribution in [-0.4, -0.2) is 33.8 Å². The molecule has 0 amide bonds. The molecule has 0 N–H and O–H groups in total. The van der Waals surface area contributed by atoms with E-state index in [4.69, 9.17) is 16.1 Å². The average molecular weight is 446 g/mol. The first-order chi connectivity index (χ1) is 14.1. The van der Waals surface area contributed by atoms with Crippen LogP contribution in [0.15, 0.2) is 28.9 Å². The van der Waals surface area contributed by atoms with Gasteiger partial charge < -0.3 is 9.26 Å². The molecule has 0 saturated heterocycles. The zero-order chi connectivity index (χ0) is 22.2. The van der Waals surface area contributed by atoms with Crippen molar-refractivity contribution in [3.8, 4) is 22.6 Å². The Balaban J connectivity index is 2.32. The van der Waals surface area contributed by atoms with Crippen molar-refractivity contribution in [3.63, 3.8) is 0 Å². The van der Waals surface area contributed by atoms with E-state index in [1.807, 2.05) is 0 Å². The zero-order valence-electron chi connectivity index (χ0n) is 15.4. The summed E-state index contributed by atoms with van der Waals surface area (Å²) < 4.78 is 65.6. The summed E-state index contributed by atoms with van der Waals surface area (Å²) in [6.07, 6.45) is -4.19. The predicted molar refractivity (Wildman–Crippen MR) is 95.2 cm³/mol. The van der Waals surface area contributed by atoms with E-state index in [0.717, 1.165) is 26.3 Å². The van der Waals surface area contributed by atoms with E-state index in [2.05, 4.69) is 15.0 Å². The Morgan fingerprint density at radius 3 is 2.57 bits per heavy atom. The Morgan fingerprint density at radius 2 is 2.00 bits per heavy atom. The maximum Gasteiger partial charge on any atom is 0.433 e. The highest BCUT2D eigenvalue weighted by Crippen LogP contribution is 2.42. The van der Waals surface area contributed by atoms with E-state index in [0.29, 0.717) is 4.68 Å². The number of alkyl halides is 3. The van der Waals surface area contributed by atoms with Gasteiger partial charge in [0.15, 0.2) is 17.2 Å². The molecule has 0 aliphatic carbocycles. The number of nitrogens with zero attached hydrogens (tertiary/aromatic N) is 3. The highest BCUT2D eigenvalue weighted by Gasteiger charge is 2.42. The van der Waals surface area contributed by atoms with Crippen molar-refractivity contribution in [2.24, 2.45) is 0 Å². The van der Waals surface area contributed by atoms with Gasteiger partial charge in [0.2, 0.25) is 0 Å². The molecule has 3 aromatic rings. The molecule has 158 valence electrons. The lowest BCUT2D eigenvalue weighted by atomic mass is 10.0. The molecule has 0 atom stereocenters. The molecule has 30 heavy (non-hydrogen) atoms. The topological polar surface area (TPSA) is 87.2 Å². The molecule has 0 saturated carbocycles. The fourth-order valence-electron chi connectivity index (χ4n) is 2.84. The smallest absolute Gasteiger partial charge is 0.433 e. The number of carbonyl (C=O) groups excluding carboxylic acids is 2. The number of ketones is 1. The van der Waals surface area contributed by atoms with Crippen LogP contribution in [0.2, 0.25) is 5.02 Å². The van der Waals surface area contributed by atoms with Gasteiger partial charge in [-0.05, 0) is 19.1 Å². The lowest BCUT2D eigenvalue weighted by molar-refractivity contribution is -0.144. The van der Waals surface area contributed by atoms with Crippen molar-refractivity contribution in [2.45, 2.75) is 19.6 Å². The number of methoxy groups -OCH3 is 1. The number of carbonyl (C=O) groups is 2. The monoisotopic (exact) mass is 445 g/mol. The van der Waals surface area contributed by atoms with Gasteiger partial charge in [-0.15, -0.1) is 0 Å². The fourth-order valence-corrected chi connectivity index (χ4v) is 3.09. The number of hydrogen-bond acceptors (Lipinski definition) is 6. The van der Waals surface area contributed by atoms with Crippen LogP contribution in [0.4, 0.5) is 17.6 Å². The first-order valence-electron chi connectivity index (χ1n) is 8.21. The number of ether oxygens (including phenoxy) is 1. The quantitative estimate of drug-likeness (QED) is 0.427. The van der Waals surface area contributed by atoms with Crippen molar-refractivity contribution in [3.05, 3.63) is 46.5 Å². The summed E-state index contributed by atoms with van der Waals surface area (Å²) >= 11 is 6.00. The number of esters is 1. The number of halogens is 5. The highest BCUT2D eigenvalue weighted by molar-refractivity contribution is 6.33. The highest BCUT2D eigenvalue weighted by atomic mass is 35.5. The van der Waals surface area contributed by atoms with Gasteiger partial charge in [0.05, 0.1) is 36.0 Å². The van der Waals surface area contributed by atoms with Crippen molar-refractivity contribution >= 4 is 23.4 Å². The minimum atomic E-state index is -4.96. The van der Waals surface area contributed by atoms with Crippen LogP contribution in [0, 0.1) is 5.82 Å². The fraction of sp³-hybridized carbons (Fsp3) is 0.222. The minimum absolute atomic E-state index is 0.150. The van der Waals surface area contributed by atoms with Crippen molar-refractivity contribution in [1.29, 1.82) is 0 Å². The van der Waals surface area contributed by atoms with Crippen LogP contribution in [0.25, 0.3) is 22.6 Å². The van der Waals surface area contributed by atoms with E-state index >= 15 is 0 Å². The molecule has 0 aliphatic heterocycles. The standard InChI is InChI=1S/C18H12ClF4N3O4/c1-8(27)7-26-16(18(21,22)23)9(6-24-26)15-13(17(28)29-2)14(25-30-15)12-10(19)4-3-5-11(12)20/h3-6H,7H2,1-2H3. The maximum absolute atomic E-state index is 14.4. The van der Waals surface area contributed by atoms with Gasteiger partial charge >= 0.3 is 12.1 Å². The summed E-state index contributed by atoms with van der Waals surface area (Å²) in [7, 11) is 0.982. The molecule has 7 nitrogen and oxygen atoms in total. The molecule has 0 radical (unpaired) electrons. The summed E-state index contributed by atoms with van der Waals surface area (Å²) in [5, 5.41) is 7.00. The predicted octanol–water partition coefficient (Wildman–Crippen LogP) is 4.39.